The fourth-order valence-corrected chi connectivity index (χ4v) is 2.60. The van der Waals surface area contributed by atoms with Gasteiger partial charge in [0.25, 0.3) is 11.6 Å². The van der Waals surface area contributed by atoms with E-state index in [4.69, 9.17) is 27.9 Å². The summed E-state index contributed by atoms with van der Waals surface area (Å²) >= 11 is 11.8. The number of hydrogen-bond donors (Lipinski definition) is 1. The molecule has 0 unspecified atom stereocenters. The Morgan fingerprint density at radius 3 is 2.54 bits per heavy atom. The third-order valence-electron chi connectivity index (χ3n) is 3.56. The van der Waals surface area contributed by atoms with E-state index in [2.05, 4.69) is 5.32 Å². The molecular formula is C17H14Cl2N2O5. The number of esters is 1. The van der Waals surface area contributed by atoms with Crippen LogP contribution in [0.3, 0.4) is 0 Å². The summed E-state index contributed by atoms with van der Waals surface area (Å²) in [4.78, 5) is 34.8. The van der Waals surface area contributed by atoms with Crippen LogP contribution in [-0.4, -0.2) is 22.9 Å². The maximum Gasteiger partial charge on any atom is 0.339 e. The number of rotatable bonds is 5. The molecule has 7 nitrogen and oxygen atoms in total. The van der Waals surface area contributed by atoms with Crippen LogP contribution in [0, 0.1) is 17.0 Å². The van der Waals surface area contributed by atoms with Gasteiger partial charge in [0.1, 0.15) is 0 Å². The highest BCUT2D eigenvalue weighted by atomic mass is 35.5. The molecule has 26 heavy (non-hydrogen) atoms. The Balaban J connectivity index is 2.10. The second-order valence-corrected chi connectivity index (χ2v) is 6.21. The highest BCUT2D eigenvalue weighted by Gasteiger charge is 2.23. The van der Waals surface area contributed by atoms with E-state index < -0.39 is 22.9 Å². The molecule has 0 fully saturated rings. The third-order valence-corrected chi connectivity index (χ3v) is 4.11. The fraction of sp³-hybridized carbons (Fsp3) is 0.176. The summed E-state index contributed by atoms with van der Waals surface area (Å²) in [5, 5.41) is 14.1. The molecule has 0 aliphatic carbocycles. The lowest BCUT2D eigenvalue weighted by molar-refractivity contribution is -0.385. The van der Waals surface area contributed by atoms with Gasteiger partial charge in [-0.05, 0) is 38.1 Å². The van der Waals surface area contributed by atoms with Gasteiger partial charge in [-0.25, -0.2) is 4.79 Å². The number of benzene rings is 2. The van der Waals surface area contributed by atoms with Crippen molar-refractivity contribution in [2.75, 3.05) is 5.32 Å². The van der Waals surface area contributed by atoms with Crippen LogP contribution in [0.1, 0.15) is 22.8 Å². The Morgan fingerprint density at radius 2 is 1.92 bits per heavy atom. The molecule has 136 valence electrons. The van der Waals surface area contributed by atoms with Gasteiger partial charge in [0.15, 0.2) is 6.10 Å². The van der Waals surface area contributed by atoms with Crippen LogP contribution in [0.4, 0.5) is 11.4 Å². The smallest absolute Gasteiger partial charge is 0.339 e. The first-order valence-corrected chi connectivity index (χ1v) is 8.17. The largest absolute Gasteiger partial charge is 0.449 e. The number of anilines is 1. The van der Waals surface area contributed by atoms with E-state index in [0.717, 1.165) is 0 Å². The number of ether oxygens (including phenoxy) is 1. The van der Waals surface area contributed by atoms with E-state index in [1.54, 1.807) is 6.07 Å². The van der Waals surface area contributed by atoms with Gasteiger partial charge < -0.3 is 10.1 Å². The van der Waals surface area contributed by atoms with Gasteiger partial charge in [0.05, 0.1) is 21.2 Å². The molecule has 0 aromatic heterocycles. The van der Waals surface area contributed by atoms with Crippen molar-refractivity contribution in [1.82, 2.24) is 0 Å². The maximum atomic E-state index is 12.3. The second-order valence-electron chi connectivity index (χ2n) is 5.37. The van der Waals surface area contributed by atoms with E-state index in [-0.39, 0.29) is 21.8 Å². The first-order valence-electron chi connectivity index (χ1n) is 7.41. The van der Waals surface area contributed by atoms with Crippen molar-refractivity contribution in [2.24, 2.45) is 0 Å². The average Bonchev–Trinajstić information content (AvgIpc) is 2.57. The van der Waals surface area contributed by atoms with Crippen LogP contribution in [-0.2, 0) is 9.53 Å². The lowest BCUT2D eigenvalue weighted by Gasteiger charge is -2.15. The summed E-state index contributed by atoms with van der Waals surface area (Å²) in [6.07, 6.45) is -1.15. The molecule has 9 heteroatoms. The van der Waals surface area contributed by atoms with Gasteiger partial charge in [-0.1, -0.05) is 29.3 Å². The van der Waals surface area contributed by atoms with E-state index in [1.807, 2.05) is 0 Å². The first-order chi connectivity index (χ1) is 12.2. The lowest BCUT2D eigenvalue weighted by Crippen LogP contribution is -2.30. The van der Waals surface area contributed by atoms with Crippen LogP contribution in [0.25, 0.3) is 0 Å². The standard InChI is InChI=1S/C17H14Cl2N2O5/c1-9-12(4-3-5-15(9)21(24)25)17(23)26-10(2)16(22)20-14-7-6-11(18)8-13(14)19/h3-8,10H,1-2H3,(H,20,22)/t10-/m1/s1. The minimum Gasteiger partial charge on any atom is -0.449 e. The SMILES string of the molecule is Cc1c(C(=O)O[C@H](C)C(=O)Nc2ccc(Cl)cc2Cl)cccc1[N+](=O)[O-]. The molecular weight excluding hydrogens is 383 g/mol. The van der Waals surface area contributed by atoms with Crippen molar-refractivity contribution in [2.45, 2.75) is 20.0 Å². The van der Waals surface area contributed by atoms with E-state index in [9.17, 15) is 19.7 Å². The summed E-state index contributed by atoms with van der Waals surface area (Å²) in [6.45, 7) is 2.82. The molecule has 2 aromatic rings. The van der Waals surface area contributed by atoms with E-state index in [0.29, 0.717) is 10.7 Å². The van der Waals surface area contributed by atoms with Gasteiger partial charge in [0, 0.05) is 16.7 Å². The Hall–Kier alpha value is -2.64. The molecule has 0 bridgehead atoms. The van der Waals surface area contributed by atoms with Gasteiger partial charge in [-0.3, -0.25) is 14.9 Å². The Kier molecular flexibility index (Phi) is 6.18. The normalized spacial score (nSPS) is 11.5. The summed E-state index contributed by atoms with van der Waals surface area (Å²) in [5.41, 5.74) is 0.291. The number of carbonyl (C=O) groups excluding carboxylic acids is 2. The lowest BCUT2D eigenvalue weighted by atomic mass is 10.1. The van der Waals surface area contributed by atoms with Gasteiger partial charge in [0.2, 0.25) is 0 Å². The molecule has 0 spiro atoms. The van der Waals surface area contributed by atoms with E-state index >= 15 is 0 Å². The van der Waals surface area contributed by atoms with Crippen molar-refractivity contribution in [3.63, 3.8) is 0 Å². The molecule has 0 heterocycles. The summed E-state index contributed by atoms with van der Waals surface area (Å²) in [5.74, 6) is -1.44. The van der Waals surface area contributed by atoms with Crippen molar-refractivity contribution < 1.29 is 19.2 Å². The number of nitro groups is 1. The quantitative estimate of drug-likeness (QED) is 0.458. The van der Waals surface area contributed by atoms with Crippen LogP contribution in [0.5, 0.6) is 0 Å². The number of nitro benzene ring substituents is 1. The predicted octanol–water partition coefficient (Wildman–Crippen LogP) is 4.39. The molecule has 2 aromatic carbocycles. The highest BCUT2D eigenvalue weighted by Crippen LogP contribution is 2.26. The fourth-order valence-electron chi connectivity index (χ4n) is 2.15. The van der Waals surface area contributed by atoms with E-state index in [1.165, 1.54) is 44.2 Å². The number of nitrogens with one attached hydrogen (secondary N) is 1. The number of carbonyl (C=O) groups is 2. The van der Waals surface area contributed by atoms with Crippen molar-refractivity contribution in [3.05, 3.63) is 67.7 Å². The number of halogens is 2. The van der Waals surface area contributed by atoms with Gasteiger partial charge >= 0.3 is 5.97 Å². The van der Waals surface area contributed by atoms with Crippen molar-refractivity contribution >= 4 is 46.5 Å². The molecule has 2 rings (SSSR count). The zero-order chi connectivity index (χ0) is 19.4. The predicted molar refractivity (Wildman–Crippen MR) is 97.8 cm³/mol. The molecule has 1 amide bonds. The summed E-state index contributed by atoms with van der Waals surface area (Å²) in [6, 6.07) is 8.58. The Bertz CT molecular complexity index is 885. The van der Waals surface area contributed by atoms with Crippen LogP contribution in [0.2, 0.25) is 10.0 Å². The first kappa shape index (κ1) is 19.7. The molecule has 1 N–H and O–H groups in total. The summed E-state index contributed by atoms with van der Waals surface area (Å²) in [7, 11) is 0. The molecule has 0 aliphatic rings. The number of amides is 1. The van der Waals surface area contributed by atoms with Crippen LogP contribution < -0.4 is 5.32 Å². The third kappa shape index (κ3) is 4.50. The summed E-state index contributed by atoms with van der Waals surface area (Å²) < 4.78 is 5.11. The van der Waals surface area contributed by atoms with Crippen molar-refractivity contribution in [1.29, 1.82) is 0 Å². The molecule has 0 radical (unpaired) electrons. The number of nitrogens with zero attached hydrogens (tertiary/aromatic N) is 1. The van der Waals surface area contributed by atoms with Crippen molar-refractivity contribution in [3.8, 4) is 0 Å². The van der Waals surface area contributed by atoms with Crippen LogP contribution >= 0.6 is 23.2 Å². The topological polar surface area (TPSA) is 98.5 Å². The second kappa shape index (κ2) is 8.16. The zero-order valence-corrected chi connectivity index (χ0v) is 15.3. The molecule has 0 saturated heterocycles. The zero-order valence-electron chi connectivity index (χ0n) is 13.8. The highest BCUT2D eigenvalue weighted by molar-refractivity contribution is 6.36. The Labute approximate surface area is 159 Å². The van der Waals surface area contributed by atoms with Gasteiger partial charge in [-0.15, -0.1) is 0 Å². The molecule has 0 aliphatic heterocycles. The number of hydrogen-bond acceptors (Lipinski definition) is 5. The molecule has 0 saturated carbocycles. The van der Waals surface area contributed by atoms with Gasteiger partial charge in [-0.2, -0.15) is 0 Å². The average molecular weight is 397 g/mol. The Morgan fingerprint density at radius 1 is 1.23 bits per heavy atom. The molecule has 1 atom stereocenters. The maximum absolute atomic E-state index is 12.3. The van der Waals surface area contributed by atoms with Crippen LogP contribution in [0.15, 0.2) is 36.4 Å². The minimum atomic E-state index is -1.15. The monoisotopic (exact) mass is 396 g/mol. The minimum absolute atomic E-state index is 0.0170.